The van der Waals surface area contributed by atoms with Crippen LogP contribution in [0.3, 0.4) is 0 Å². The van der Waals surface area contributed by atoms with Crippen molar-refractivity contribution in [2.75, 3.05) is 17.2 Å². The summed E-state index contributed by atoms with van der Waals surface area (Å²) in [4.78, 5) is 8.57. The van der Waals surface area contributed by atoms with E-state index < -0.39 is 0 Å². The van der Waals surface area contributed by atoms with Crippen LogP contribution in [0.15, 0.2) is 30.6 Å². The lowest BCUT2D eigenvalue weighted by atomic mass is 10.0. The average Bonchev–Trinajstić information content (AvgIpc) is 2.48. The second kappa shape index (κ2) is 5.90. The molecular weight excluding hydrogens is 248 g/mol. The summed E-state index contributed by atoms with van der Waals surface area (Å²) in [6.45, 7) is 3.23. The van der Waals surface area contributed by atoms with Gasteiger partial charge in [0.1, 0.15) is 12.1 Å². The molecule has 1 aromatic heterocycles. The van der Waals surface area contributed by atoms with Gasteiger partial charge in [-0.15, -0.1) is 0 Å². The third-order valence-corrected chi connectivity index (χ3v) is 3.55. The van der Waals surface area contributed by atoms with E-state index in [0.717, 1.165) is 43.0 Å². The van der Waals surface area contributed by atoms with E-state index in [1.807, 2.05) is 6.07 Å². The van der Waals surface area contributed by atoms with Gasteiger partial charge in [0.05, 0.1) is 0 Å². The van der Waals surface area contributed by atoms with Crippen molar-refractivity contribution in [1.29, 1.82) is 0 Å². The summed E-state index contributed by atoms with van der Waals surface area (Å²) in [7, 11) is 0. The number of aromatic nitrogens is 2. The standard InChI is InChI=1S/C16H20N4/c1-2-4-13-10-16(19-11-18-13)20-14-6-7-15-12(9-14)5-3-8-17-15/h6-7,9-11,17H,2-5,8H2,1H3,(H,18,19,20). The highest BCUT2D eigenvalue weighted by molar-refractivity contribution is 5.64. The Morgan fingerprint density at radius 2 is 2.20 bits per heavy atom. The van der Waals surface area contributed by atoms with Crippen molar-refractivity contribution in [2.45, 2.75) is 32.6 Å². The molecule has 1 aliphatic heterocycles. The zero-order valence-corrected chi connectivity index (χ0v) is 11.8. The Morgan fingerprint density at radius 1 is 1.25 bits per heavy atom. The molecule has 0 atom stereocenters. The van der Waals surface area contributed by atoms with Crippen LogP contribution in [0.1, 0.15) is 31.0 Å². The van der Waals surface area contributed by atoms with Gasteiger partial charge in [-0.05, 0) is 43.0 Å². The maximum absolute atomic E-state index is 4.29. The van der Waals surface area contributed by atoms with E-state index in [0.29, 0.717) is 0 Å². The van der Waals surface area contributed by atoms with Crippen LogP contribution in [0.5, 0.6) is 0 Å². The Hall–Kier alpha value is -2.10. The lowest BCUT2D eigenvalue weighted by Gasteiger charge is -2.19. The first-order valence-electron chi connectivity index (χ1n) is 7.30. The minimum absolute atomic E-state index is 0.868. The highest BCUT2D eigenvalue weighted by Crippen LogP contribution is 2.26. The molecule has 2 aromatic rings. The number of fused-ring (bicyclic) bond motifs is 1. The summed E-state index contributed by atoms with van der Waals surface area (Å²) in [6.07, 6.45) is 6.06. The molecule has 104 valence electrons. The van der Waals surface area contributed by atoms with Gasteiger partial charge in [0.15, 0.2) is 0 Å². The van der Waals surface area contributed by atoms with Crippen LogP contribution < -0.4 is 10.6 Å². The number of aryl methyl sites for hydroxylation is 2. The van der Waals surface area contributed by atoms with Crippen molar-refractivity contribution >= 4 is 17.2 Å². The molecule has 4 nitrogen and oxygen atoms in total. The van der Waals surface area contributed by atoms with Crippen LogP contribution in [-0.4, -0.2) is 16.5 Å². The molecule has 1 aromatic carbocycles. The maximum atomic E-state index is 4.29. The first-order chi connectivity index (χ1) is 9.85. The lowest BCUT2D eigenvalue weighted by molar-refractivity contribution is 0.830. The van der Waals surface area contributed by atoms with Gasteiger partial charge in [-0.25, -0.2) is 9.97 Å². The highest BCUT2D eigenvalue weighted by Gasteiger charge is 2.09. The zero-order valence-electron chi connectivity index (χ0n) is 11.8. The van der Waals surface area contributed by atoms with Crippen LogP contribution in [0, 0.1) is 0 Å². The second-order valence-electron chi connectivity index (χ2n) is 5.17. The topological polar surface area (TPSA) is 49.8 Å². The molecule has 4 heteroatoms. The minimum atomic E-state index is 0.868. The molecule has 0 spiro atoms. The van der Waals surface area contributed by atoms with E-state index in [-0.39, 0.29) is 0 Å². The molecular formula is C16H20N4. The predicted molar refractivity (Wildman–Crippen MR) is 82.6 cm³/mol. The smallest absolute Gasteiger partial charge is 0.133 e. The summed E-state index contributed by atoms with van der Waals surface area (Å²) in [5.41, 5.74) is 4.82. The minimum Gasteiger partial charge on any atom is -0.385 e. The van der Waals surface area contributed by atoms with Crippen LogP contribution in [-0.2, 0) is 12.8 Å². The number of rotatable bonds is 4. The quantitative estimate of drug-likeness (QED) is 0.890. The Balaban J connectivity index is 1.78. The fourth-order valence-electron chi connectivity index (χ4n) is 2.56. The number of benzene rings is 1. The number of hydrogen-bond acceptors (Lipinski definition) is 4. The second-order valence-corrected chi connectivity index (χ2v) is 5.17. The number of anilines is 3. The Morgan fingerprint density at radius 3 is 3.10 bits per heavy atom. The van der Waals surface area contributed by atoms with Crippen molar-refractivity contribution in [3.63, 3.8) is 0 Å². The first-order valence-corrected chi connectivity index (χ1v) is 7.30. The first kappa shape index (κ1) is 12.9. The average molecular weight is 268 g/mol. The molecule has 2 N–H and O–H groups in total. The third kappa shape index (κ3) is 2.90. The van der Waals surface area contributed by atoms with Gasteiger partial charge in [-0.1, -0.05) is 13.3 Å². The fourth-order valence-corrected chi connectivity index (χ4v) is 2.56. The number of nitrogens with one attached hydrogen (secondary N) is 2. The summed E-state index contributed by atoms with van der Waals surface area (Å²) in [5.74, 6) is 0.868. The van der Waals surface area contributed by atoms with Crippen LogP contribution >= 0.6 is 0 Å². The Kier molecular flexibility index (Phi) is 3.81. The van der Waals surface area contributed by atoms with Crippen LogP contribution in [0.25, 0.3) is 0 Å². The maximum Gasteiger partial charge on any atom is 0.133 e. The SMILES string of the molecule is CCCc1cc(Nc2ccc3c(c2)CCCN3)ncn1. The van der Waals surface area contributed by atoms with E-state index in [4.69, 9.17) is 0 Å². The van der Waals surface area contributed by atoms with Crippen molar-refractivity contribution in [2.24, 2.45) is 0 Å². The third-order valence-electron chi connectivity index (χ3n) is 3.55. The van der Waals surface area contributed by atoms with Crippen LogP contribution in [0.2, 0.25) is 0 Å². The highest BCUT2D eigenvalue weighted by atomic mass is 15.0. The molecule has 0 bridgehead atoms. The van der Waals surface area contributed by atoms with Gasteiger partial charge in [-0.2, -0.15) is 0 Å². The summed E-state index contributed by atoms with van der Waals surface area (Å²) in [5, 5.41) is 6.80. The van der Waals surface area contributed by atoms with Gasteiger partial charge >= 0.3 is 0 Å². The molecule has 0 radical (unpaired) electrons. The fraction of sp³-hybridized carbons (Fsp3) is 0.375. The number of hydrogen-bond donors (Lipinski definition) is 2. The lowest BCUT2D eigenvalue weighted by Crippen LogP contribution is -2.11. The van der Waals surface area contributed by atoms with Gasteiger partial charge in [-0.3, -0.25) is 0 Å². The molecule has 0 amide bonds. The van der Waals surface area contributed by atoms with E-state index in [1.54, 1.807) is 6.33 Å². The van der Waals surface area contributed by atoms with E-state index >= 15 is 0 Å². The molecule has 0 saturated carbocycles. The molecule has 20 heavy (non-hydrogen) atoms. The monoisotopic (exact) mass is 268 g/mol. The predicted octanol–water partition coefficient (Wildman–Crippen LogP) is 3.53. The van der Waals surface area contributed by atoms with E-state index in [2.05, 4.69) is 45.7 Å². The van der Waals surface area contributed by atoms with Gasteiger partial charge in [0, 0.05) is 29.7 Å². The van der Waals surface area contributed by atoms with Crippen molar-refractivity contribution in [1.82, 2.24) is 9.97 Å². The van der Waals surface area contributed by atoms with Gasteiger partial charge in [0.2, 0.25) is 0 Å². The number of nitrogens with zero attached hydrogens (tertiary/aromatic N) is 2. The molecule has 0 fully saturated rings. The van der Waals surface area contributed by atoms with Gasteiger partial charge < -0.3 is 10.6 Å². The van der Waals surface area contributed by atoms with Crippen molar-refractivity contribution in [3.05, 3.63) is 41.9 Å². The van der Waals surface area contributed by atoms with Crippen molar-refractivity contribution < 1.29 is 0 Å². The van der Waals surface area contributed by atoms with Crippen molar-refractivity contribution in [3.8, 4) is 0 Å². The largest absolute Gasteiger partial charge is 0.385 e. The summed E-state index contributed by atoms with van der Waals surface area (Å²) in [6, 6.07) is 8.48. The Labute approximate surface area is 119 Å². The summed E-state index contributed by atoms with van der Waals surface area (Å²) < 4.78 is 0. The van der Waals surface area contributed by atoms with Gasteiger partial charge in [0.25, 0.3) is 0 Å². The Bertz CT molecular complexity index is 595. The molecule has 3 rings (SSSR count). The van der Waals surface area contributed by atoms with E-state index in [9.17, 15) is 0 Å². The zero-order chi connectivity index (χ0) is 13.8. The molecule has 2 heterocycles. The summed E-state index contributed by atoms with van der Waals surface area (Å²) >= 11 is 0. The normalized spacial score (nSPS) is 13.4. The molecule has 1 aliphatic rings. The molecule has 0 aliphatic carbocycles. The van der Waals surface area contributed by atoms with E-state index in [1.165, 1.54) is 17.7 Å². The van der Waals surface area contributed by atoms with Crippen LogP contribution in [0.4, 0.5) is 17.2 Å². The molecule has 0 saturated heterocycles. The molecule has 0 unspecified atom stereocenters.